The van der Waals surface area contributed by atoms with Gasteiger partial charge in [0, 0.05) is 23.0 Å². The molecule has 112 valence electrons. The summed E-state index contributed by atoms with van der Waals surface area (Å²) in [5.74, 6) is 1.10. The molecule has 0 aliphatic heterocycles. The van der Waals surface area contributed by atoms with Gasteiger partial charge in [0.1, 0.15) is 0 Å². The monoisotopic (exact) mass is 299 g/mol. The lowest BCUT2D eigenvalue weighted by Crippen LogP contribution is -2.12. The average Bonchev–Trinajstić information content (AvgIpc) is 2.42. The Kier molecular flexibility index (Phi) is 5.10. The van der Waals surface area contributed by atoms with Crippen molar-refractivity contribution in [2.24, 2.45) is 0 Å². The van der Waals surface area contributed by atoms with Crippen LogP contribution in [-0.4, -0.2) is 10.7 Å². The van der Waals surface area contributed by atoms with Crippen LogP contribution in [0.4, 0.5) is 0 Å². The molecule has 2 aromatic rings. The van der Waals surface area contributed by atoms with Crippen LogP contribution in [0.5, 0.6) is 0 Å². The lowest BCUT2D eigenvalue weighted by molar-refractivity contribution is 0.588. The van der Waals surface area contributed by atoms with Crippen molar-refractivity contribution in [3.63, 3.8) is 0 Å². The fourth-order valence-electron chi connectivity index (χ4n) is 2.43. The van der Waals surface area contributed by atoms with Gasteiger partial charge < -0.3 is 0 Å². The van der Waals surface area contributed by atoms with E-state index in [1.807, 2.05) is 30.2 Å². The van der Waals surface area contributed by atoms with Crippen molar-refractivity contribution in [2.75, 3.05) is 5.75 Å². The molecular formula is C19H25NS. The van der Waals surface area contributed by atoms with Crippen molar-refractivity contribution < 1.29 is 0 Å². The van der Waals surface area contributed by atoms with Crippen LogP contribution in [0.1, 0.15) is 43.0 Å². The smallest absolute Gasteiger partial charge is 0.0300 e. The maximum atomic E-state index is 4.17. The van der Waals surface area contributed by atoms with Crippen molar-refractivity contribution >= 4 is 11.8 Å². The standard InChI is InChI=1S/C19H25NS/c1-14-11-17(19(3,4)5)12-15(2)18(14)21-10-8-16-7-6-9-20-13-16/h6-7,9,11-13H,8,10H2,1-5H3. The first-order valence-corrected chi connectivity index (χ1v) is 8.50. The molecule has 0 aliphatic carbocycles. The van der Waals surface area contributed by atoms with Gasteiger partial charge in [-0.15, -0.1) is 11.8 Å². The predicted octanol–water partition coefficient (Wildman–Crippen LogP) is 5.33. The van der Waals surface area contributed by atoms with E-state index in [1.54, 1.807) is 0 Å². The lowest BCUT2D eigenvalue weighted by atomic mass is 9.85. The summed E-state index contributed by atoms with van der Waals surface area (Å²) >= 11 is 1.96. The van der Waals surface area contributed by atoms with Gasteiger partial charge in [0.15, 0.2) is 0 Å². The minimum absolute atomic E-state index is 0.217. The van der Waals surface area contributed by atoms with Gasteiger partial charge in [-0.3, -0.25) is 4.98 Å². The predicted molar refractivity (Wildman–Crippen MR) is 93.3 cm³/mol. The summed E-state index contributed by atoms with van der Waals surface area (Å²) in [6, 6.07) is 8.85. The second-order valence-corrected chi connectivity index (χ2v) is 7.75. The van der Waals surface area contributed by atoms with Crippen LogP contribution in [0.25, 0.3) is 0 Å². The summed E-state index contributed by atoms with van der Waals surface area (Å²) < 4.78 is 0. The van der Waals surface area contributed by atoms with Crippen LogP contribution in [-0.2, 0) is 11.8 Å². The summed E-state index contributed by atoms with van der Waals surface area (Å²) in [7, 11) is 0. The third-order valence-corrected chi connectivity index (χ3v) is 5.03. The van der Waals surface area contributed by atoms with Gasteiger partial charge in [0.25, 0.3) is 0 Å². The molecule has 2 rings (SSSR count). The van der Waals surface area contributed by atoms with Crippen LogP contribution in [0.2, 0.25) is 0 Å². The van der Waals surface area contributed by atoms with E-state index in [1.165, 1.54) is 27.1 Å². The van der Waals surface area contributed by atoms with Gasteiger partial charge in [0.2, 0.25) is 0 Å². The summed E-state index contributed by atoms with van der Waals surface area (Å²) in [4.78, 5) is 5.61. The maximum Gasteiger partial charge on any atom is 0.0300 e. The zero-order valence-corrected chi connectivity index (χ0v) is 14.6. The van der Waals surface area contributed by atoms with Gasteiger partial charge in [-0.1, -0.05) is 39.0 Å². The molecule has 0 aliphatic rings. The lowest BCUT2D eigenvalue weighted by Gasteiger charge is -2.22. The third-order valence-electron chi connectivity index (χ3n) is 3.69. The molecular weight excluding hydrogens is 274 g/mol. The van der Waals surface area contributed by atoms with Gasteiger partial charge in [0.05, 0.1) is 0 Å². The van der Waals surface area contributed by atoms with E-state index in [0.29, 0.717) is 0 Å². The van der Waals surface area contributed by atoms with Crippen LogP contribution < -0.4 is 0 Å². The van der Waals surface area contributed by atoms with Crippen molar-refractivity contribution in [1.82, 2.24) is 4.98 Å². The molecule has 0 fully saturated rings. The second-order valence-electron chi connectivity index (χ2n) is 6.65. The van der Waals surface area contributed by atoms with E-state index < -0.39 is 0 Å². The third kappa shape index (κ3) is 4.34. The molecule has 21 heavy (non-hydrogen) atoms. The molecule has 0 atom stereocenters. The van der Waals surface area contributed by atoms with E-state index in [4.69, 9.17) is 0 Å². The normalized spacial score (nSPS) is 11.7. The Morgan fingerprint density at radius 2 is 1.76 bits per heavy atom. The Morgan fingerprint density at radius 1 is 1.10 bits per heavy atom. The number of aryl methyl sites for hydroxylation is 3. The highest BCUT2D eigenvalue weighted by molar-refractivity contribution is 7.99. The molecule has 0 unspecified atom stereocenters. The summed E-state index contributed by atoms with van der Waals surface area (Å²) in [5, 5.41) is 0. The van der Waals surface area contributed by atoms with Crippen molar-refractivity contribution in [1.29, 1.82) is 0 Å². The quantitative estimate of drug-likeness (QED) is 0.708. The van der Waals surface area contributed by atoms with Gasteiger partial charge >= 0.3 is 0 Å². The van der Waals surface area contributed by atoms with Crippen molar-refractivity contribution in [2.45, 2.75) is 51.3 Å². The van der Waals surface area contributed by atoms with E-state index in [-0.39, 0.29) is 5.41 Å². The molecule has 1 aromatic carbocycles. The zero-order chi connectivity index (χ0) is 15.5. The molecule has 0 bridgehead atoms. The number of hydrogen-bond acceptors (Lipinski definition) is 2. The highest BCUT2D eigenvalue weighted by Crippen LogP contribution is 2.32. The molecule has 0 N–H and O–H groups in total. The first-order chi connectivity index (χ1) is 9.88. The summed E-state index contributed by atoms with van der Waals surface area (Å²) in [5.41, 5.74) is 5.75. The Hall–Kier alpha value is -1.28. The van der Waals surface area contributed by atoms with Gasteiger partial charge in [-0.05, 0) is 54.0 Å². The number of hydrogen-bond donors (Lipinski definition) is 0. The van der Waals surface area contributed by atoms with Crippen LogP contribution in [0.15, 0.2) is 41.6 Å². The highest BCUT2D eigenvalue weighted by atomic mass is 32.2. The molecule has 0 amide bonds. The Balaban J connectivity index is 2.07. The molecule has 0 saturated carbocycles. The second kappa shape index (κ2) is 6.65. The fraction of sp³-hybridized carbons (Fsp3) is 0.421. The molecule has 0 radical (unpaired) electrons. The Bertz CT molecular complexity index is 574. The number of rotatable bonds is 4. The molecule has 1 nitrogen and oxygen atoms in total. The highest BCUT2D eigenvalue weighted by Gasteiger charge is 2.16. The van der Waals surface area contributed by atoms with E-state index >= 15 is 0 Å². The van der Waals surface area contributed by atoms with Crippen molar-refractivity contribution in [3.8, 4) is 0 Å². The van der Waals surface area contributed by atoms with E-state index in [9.17, 15) is 0 Å². The van der Waals surface area contributed by atoms with Gasteiger partial charge in [-0.2, -0.15) is 0 Å². The minimum Gasteiger partial charge on any atom is -0.264 e. The number of nitrogens with zero attached hydrogens (tertiary/aromatic N) is 1. The number of thioether (sulfide) groups is 1. The molecule has 0 saturated heterocycles. The van der Waals surface area contributed by atoms with Crippen LogP contribution in [0.3, 0.4) is 0 Å². The van der Waals surface area contributed by atoms with Crippen LogP contribution >= 0.6 is 11.8 Å². The number of aromatic nitrogens is 1. The first-order valence-electron chi connectivity index (χ1n) is 7.51. The van der Waals surface area contributed by atoms with E-state index in [0.717, 1.165) is 12.2 Å². The SMILES string of the molecule is Cc1cc(C(C)(C)C)cc(C)c1SCCc1cccnc1. The first kappa shape index (κ1) is 16.1. The average molecular weight is 299 g/mol. The summed E-state index contributed by atoms with van der Waals surface area (Å²) in [6.07, 6.45) is 4.86. The van der Waals surface area contributed by atoms with E-state index in [2.05, 4.69) is 57.8 Å². The Labute approximate surface area is 133 Å². The van der Waals surface area contributed by atoms with Gasteiger partial charge in [-0.25, -0.2) is 0 Å². The summed E-state index contributed by atoms with van der Waals surface area (Å²) in [6.45, 7) is 11.3. The fourth-order valence-corrected chi connectivity index (χ4v) is 3.54. The molecule has 2 heteroatoms. The minimum atomic E-state index is 0.217. The number of benzene rings is 1. The Morgan fingerprint density at radius 3 is 2.29 bits per heavy atom. The van der Waals surface area contributed by atoms with Crippen LogP contribution in [0, 0.1) is 13.8 Å². The van der Waals surface area contributed by atoms with Crippen molar-refractivity contribution in [3.05, 3.63) is 58.9 Å². The molecule has 1 heterocycles. The topological polar surface area (TPSA) is 12.9 Å². The molecule has 1 aromatic heterocycles. The maximum absolute atomic E-state index is 4.17. The largest absolute Gasteiger partial charge is 0.264 e. The number of pyridine rings is 1. The zero-order valence-electron chi connectivity index (χ0n) is 13.7. The molecule has 0 spiro atoms.